The molecule has 2 aliphatic rings. The van der Waals surface area contributed by atoms with Crippen molar-refractivity contribution in [2.24, 2.45) is 5.92 Å². The van der Waals surface area contributed by atoms with Crippen LogP contribution in [-0.2, 0) is 19.6 Å². The highest BCUT2D eigenvalue weighted by Gasteiger charge is 2.33. The van der Waals surface area contributed by atoms with E-state index in [-0.39, 0.29) is 17.9 Å². The smallest absolute Gasteiger partial charge is 0.243 e. The number of carbonyl (C=O) groups is 1. The molecule has 1 aromatic rings. The molecule has 26 heavy (non-hydrogen) atoms. The van der Waals surface area contributed by atoms with E-state index in [4.69, 9.17) is 4.74 Å². The minimum Gasteiger partial charge on any atom is -0.379 e. The van der Waals surface area contributed by atoms with E-state index in [2.05, 4.69) is 5.32 Å². The highest BCUT2D eigenvalue weighted by molar-refractivity contribution is 7.89. The first kappa shape index (κ1) is 19.3. The highest BCUT2D eigenvalue weighted by Crippen LogP contribution is 2.26. The SMILES string of the molecule is Cc1ccc(S(=O)(=O)N2CCC(C(=O)N[C@@H]3CCCOC3)CC2)c(C)c1. The van der Waals surface area contributed by atoms with Crippen LogP contribution in [0.15, 0.2) is 23.1 Å². The van der Waals surface area contributed by atoms with E-state index in [1.807, 2.05) is 26.0 Å². The van der Waals surface area contributed by atoms with E-state index in [1.165, 1.54) is 4.31 Å². The number of hydrogen-bond donors (Lipinski definition) is 1. The molecule has 1 atom stereocenters. The maximum Gasteiger partial charge on any atom is 0.243 e. The van der Waals surface area contributed by atoms with Crippen molar-refractivity contribution in [1.29, 1.82) is 0 Å². The van der Waals surface area contributed by atoms with Crippen LogP contribution in [0.25, 0.3) is 0 Å². The number of piperidine rings is 1. The molecule has 0 bridgehead atoms. The van der Waals surface area contributed by atoms with Gasteiger partial charge in [0.15, 0.2) is 0 Å². The molecule has 2 aliphatic heterocycles. The zero-order valence-electron chi connectivity index (χ0n) is 15.5. The first-order valence-electron chi connectivity index (χ1n) is 9.33. The fraction of sp³-hybridized carbons (Fsp3) is 0.632. The van der Waals surface area contributed by atoms with Crippen molar-refractivity contribution in [3.8, 4) is 0 Å². The van der Waals surface area contributed by atoms with Crippen molar-refractivity contribution >= 4 is 15.9 Å². The minimum absolute atomic E-state index is 0.0315. The van der Waals surface area contributed by atoms with E-state index in [0.29, 0.717) is 37.4 Å². The molecular weight excluding hydrogens is 352 g/mol. The Hall–Kier alpha value is -1.44. The van der Waals surface area contributed by atoms with Crippen LogP contribution in [0.4, 0.5) is 0 Å². The maximum atomic E-state index is 12.9. The summed E-state index contributed by atoms with van der Waals surface area (Å²) in [5.41, 5.74) is 1.81. The van der Waals surface area contributed by atoms with Gasteiger partial charge in [-0.05, 0) is 51.2 Å². The maximum absolute atomic E-state index is 12.9. The van der Waals surface area contributed by atoms with Gasteiger partial charge in [0.1, 0.15) is 0 Å². The summed E-state index contributed by atoms with van der Waals surface area (Å²) in [5, 5.41) is 3.06. The predicted molar refractivity (Wildman–Crippen MR) is 99.4 cm³/mol. The van der Waals surface area contributed by atoms with E-state index in [1.54, 1.807) is 6.07 Å². The van der Waals surface area contributed by atoms with Gasteiger partial charge >= 0.3 is 0 Å². The predicted octanol–water partition coefficient (Wildman–Crippen LogP) is 2.00. The molecule has 0 spiro atoms. The molecule has 0 unspecified atom stereocenters. The number of hydrogen-bond acceptors (Lipinski definition) is 4. The molecular formula is C19H28N2O4S. The second-order valence-corrected chi connectivity index (χ2v) is 9.28. The summed E-state index contributed by atoms with van der Waals surface area (Å²) in [5.74, 6) is -0.0912. The molecule has 7 heteroatoms. The monoisotopic (exact) mass is 380 g/mol. The molecule has 2 saturated heterocycles. The van der Waals surface area contributed by atoms with E-state index >= 15 is 0 Å². The van der Waals surface area contributed by atoms with Crippen molar-refractivity contribution < 1.29 is 17.9 Å². The number of nitrogens with one attached hydrogen (secondary N) is 1. The van der Waals surface area contributed by atoms with Gasteiger partial charge in [0.25, 0.3) is 0 Å². The van der Waals surface area contributed by atoms with Crippen molar-refractivity contribution in [2.75, 3.05) is 26.3 Å². The van der Waals surface area contributed by atoms with Gasteiger partial charge in [-0.1, -0.05) is 17.7 Å². The van der Waals surface area contributed by atoms with E-state index in [9.17, 15) is 13.2 Å². The number of ether oxygens (including phenoxy) is 1. The van der Waals surface area contributed by atoms with Crippen LogP contribution in [0.3, 0.4) is 0 Å². The Labute approximate surface area is 156 Å². The third kappa shape index (κ3) is 4.27. The van der Waals surface area contributed by atoms with E-state index in [0.717, 1.165) is 30.6 Å². The number of rotatable bonds is 4. The van der Waals surface area contributed by atoms with Crippen molar-refractivity contribution in [3.05, 3.63) is 29.3 Å². The molecule has 0 radical (unpaired) electrons. The lowest BCUT2D eigenvalue weighted by Crippen LogP contribution is -2.47. The molecule has 2 fully saturated rings. The van der Waals surface area contributed by atoms with Crippen LogP contribution in [0.5, 0.6) is 0 Å². The van der Waals surface area contributed by atoms with Crippen LogP contribution in [-0.4, -0.2) is 51.0 Å². The third-order valence-electron chi connectivity index (χ3n) is 5.28. The zero-order valence-corrected chi connectivity index (χ0v) is 16.3. The quantitative estimate of drug-likeness (QED) is 0.867. The second-order valence-electron chi connectivity index (χ2n) is 7.37. The number of sulfonamides is 1. The summed E-state index contributed by atoms with van der Waals surface area (Å²) in [6.07, 6.45) is 3.04. The second kappa shape index (κ2) is 8.06. The van der Waals surface area contributed by atoms with Gasteiger partial charge in [0, 0.05) is 25.6 Å². The van der Waals surface area contributed by atoms with Crippen molar-refractivity contribution in [1.82, 2.24) is 9.62 Å². The molecule has 1 amide bonds. The number of aryl methyl sites for hydroxylation is 2. The van der Waals surface area contributed by atoms with Crippen molar-refractivity contribution in [2.45, 2.75) is 50.5 Å². The average Bonchev–Trinajstić information content (AvgIpc) is 2.62. The summed E-state index contributed by atoms with van der Waals surface area (Å²) >= 11 is 0. The standard InChI is InChI=1S/C19H28N2O4S/c1-14-5-6-18(15(2)12-14)26(23,24)21-9-7-16(8-10-21)19(22)20-17-4-3-11-25-13-17/h5-6,12,16-17H,3-4,7-11,13H2,1-2H3,(H,20,22)/t17-/m1/s1. The Balaban J connectivity index is 1.59. The van der Waals surface area contributed by atoms with E-state index < -0.39 is 10.0 Å². The summed E-state index contributed by atoms with van der Waals surface area (Å²) in [6, 6.07) is 5.49. The number of amides is 1. The Morgan fingerprint density at radius 3 is 2.54 bits per heavy atom. The molecule has 6 nitrogen and oxygen atoms in total. The zero-order chi connectivity index (χ0) is 18.7. The summed E-state index contributed by atoms with van der Waals surface area (Å²) < 4.78 is 32.8. The van der Waals surface area contributed by atoms with Crippen LogP contribution in [0, 0.1) is 19.8 Å². The molecule has 1 N–H and O–H groups in total. The number of benzene rings is 1. The number of carbonyl (C=O) groups excluding carboxylic acids is 1. The molecule has 1 aromatic carbocycles. The minimum atomic E-state index is -3.50. The molecule has 2 heterocycles. The largest absolute Gasteiger partial charge is 0.379 e. The van der Waals surface area contributed by atoms with Gasteiger partial charge in [-0.25, -0.2) is 8.42 Å². The van der Waals surface area contributed by atoms with Gasteiger partial charge in [0.2, 0.25) is 15.9 Å². The normalized spacial score (nSPS) is 22.9. The van der Waals surface area contributed by atoms with Crippen LogP contribution < -0.4 is 5.32 Å². The topological polar surface area (TPSA) is 75.7 Å². The lowest BCUT2D eigenvalue weighted by Gasteiger charge is -2.32. The van der Waals surface area contributed by atoms with Crippen LogP contribution >= 0.6 is 0 Å². The first-order chi connectivity index (χ1) is 12.4. The highest BCUT2D eigenvalue weighted by atomic mass is 32.2. The fourth-order valence-electron chi connectivity index (χ4n) is 3.76. The Morgan fingerprint density at radius 2 is 1.92 bits per heavy atom. The van der Waals surface area contributed by atoms with Gasteiger partial charge in [-0.2, -0.15) is 4.31 Å². The summed E-state index contributed by atoms with van der Waals surface area (Å²) in [7, 11) is -3.50. The van der Waals surface area contributed by atoms with Gasteiger partial charge in [-0.15, -0.1) is 0 Å². The summed E-state index contributed by atoms with van der Waals surface area (Å²) in [6.45, 7) is 5.88. The molecule has 0 saturated carbocycles. The van der Waals surface area contributed by atoms with Gasteiger partial charge in [-0.3, -0.25) is 4.79 Å². The lowest BCUT2D eigenvalue weighted by molar-refractivity contribution is -0.127. The summed E-state index contributed by atoms with van der Waals surface area (Å²) in [4.78, 5) is 12.8. The molecule has 144 valence electrons. The Bertz CT molecular complexity index is 749. The third-order valence-corrected chi connectivity index (χ3v) is 7.34. The lowest BCUT2D eigenvalue weighted by atomic mass is 9.96. The molecule has 0 aromatic heterocycles. The van der Waals surface area contributed by atoms with Gasteiger partial charge < -0.3 is 10.1 Å². The van der Waals surface area contributed by atoms with Gasteiger partial charge in [0.05, 0.1) is 17.5 Å². The first-order valence-corrected chi connectivity index (χ1v) is 10.8. The Morgan fingerprint density at radius 1 is 1.19 bits per heavy atom. The molecule has 3 rings (SSSR count). The number of nitrogens with zero attached hydrogens (tertiary/aromatic N) is 1. The molecule has 0 aliphatic carbocycles. The Kier molecular flexibility index (Phi) is 5.99. The van der Waals surface area contributed by atoms with Crippen LogP contribution in [0.2, 0.25) is 0 Å². The fourth-order valence-corrected chi connectivity index (χ4v) is 5.44. The van der Waals surface area contributed by atoms with Crippen LogP contribution in [0.1, 0.15) is 36.8 Å². The average molecular weight is 381 g/mol. The van der Waals surface area contributed by atoms with Crippen molar-refractivity contribution in [3.63, 3.8) is 0 Å².